The lowest BCUT2D eigenvalue weighted by atomic mass is 10.1. The molecule has 0 aromatic heterocycles. The number of nitrogens with one attached hydrogen (secondary N) is 1. The molecule has 1 N–H and O–H groups in total. The van der Waals surface area contributed by atoms with E-state index in [1.54, 1.807) is 0 Å². The van der Waals surface area contributed by atoms with E-state index in [9.17, 15) is 4.79 Å². The van der Waals surface area contributed by atoms with Crippen LogP contribution in [-0.2, 0) is 4.74 Å². The van der Waals surface area contributed by atoms with Gasteiger partial charge >= 0.3 is 6.03 Å². The molecular weight excluding hydrogens is 362 g/mol. The summed E-state index contributed by atoms with van der Waals surface area (Å²) in [7, 11) is 2.14. The summed E-state index contributed by atoms with van der Waals surface area (Å²) in [6.07, 6.45) is 8.92. The van der Waals surface area contributed by atoms with Gasteiger partial charge in [-0.3, -0.25) is 0 Å². The predicted octanol–water partition coefficient (Wildman–Crippen LogP) is 4.99. The van der Waals surface area contributed by atoms with Crippen LogP contribution >= 0.6 is 0 Å². The summed E-state index contributed by atoms with van der Waals surface area (Å²) >= 11 is 0. The first-order chi connectivity index (χ1) is 14.0. The van der Waals surface area contributed by atoms with Crippen molar-refractivity contribution in [2.75, 3.05) is 45.2 Å². The monoisotopic (exact) mass is 401 g/mol. The number of anilines is 1. The van der Waals surface area contributed by atoms with Gasteiger partial charge < -0.3 is 19.9 Å². The van der Waals surface area contributed by atoms with Crippen LogP contribution in [0.4, 0.5) is 10.5 Å². The minimum absolute atomic E-state index is 0.00294. The molecule has 1 aliphatic heterocycles. The van der Waals surface area contributed by atoms with Gasteiger partial charge in [-0.1, -0.05) is 36.6 Å². The second kappa shape index (κ2) is 12.7. The van der Waals surface area contributed by atoms with E-state index >= 15 is 0 Å². The molecule has 1 heterocycles. The van der Waals surface area contributed by atoms with E-state index in [1.807, 2.05) is 30.0 Å². The van der Waals surface area contributed by atoms with E-state index in [2.05, 4.69) is 36.8 Å². The molecule has 0 unspecified atom stereocenters. The summed E-state index contributed by atoms with van der Waals surface area (Å²) in [5.74, 6) is 0. The maximum absolute atomic E-state index is 12.5. The van der Waals surface area contributed by atoms with Crippen LogP contribution in [0.1, 0.15) is 49.7 Å². The van der Waals surface area contributed by atoms with Crippen molar-refractivity contribution in [2.24, 2.45) is 0 Å². The molecule has 0 atom stereocenters. The van der Waals surface area contributed by atoms with Crippen molar-refractivity contribution in [1.82, 2.24) is 9.80 Å². The van der Waals surface area contributed by atoms with Gasteiger partial charge in [0.2, 0.25) is 0 Å². The number of carbonyl (C=O) groups is 1. The maximum atomic E-state index is 12.5. The molecule has 0 aliphatic carbocycles. The van der Waals surface area contributed by atoms with Gasteiger partial charge in [-0.05, 0) is 64.8 Å². The third-order valence-electron chi connectivity index (χ3n) is 5.58. The Morgan fingerprint density at radius 1 is 1.24 bits per heavy atom. The zero-order valence-electron chi connectivity index (χ0n) is 18.6. The van der Waals surface area contributed by atoms with Crippen molar-refractivity contribution in [3.63, 3.8) is 0 Å². The van der Waals surface area contributed by atoms with Crippen LogP contribution in [0, 0.1) is 13.8 Å². The summed E-state index contributed by atoms with van der Waals surface area (Å²) in [6.45, 7) is 12.3. The quantitative estimate of drug-likeness (QED) is 0.419. The molecule has 1 fully saturated rings. The van der Waals surface area contributed by atoms with E-state index in [1.165, 1.54) is 24.8 Å². The second-order valence-corrected chi connectivity index (χ2v) is 8.27. The zero-order valence-corrected chi connectivity index (χ0v) is 18.6. The molecule has 2 rings (SSSR count). The number of amides is 2. The summed E-state index contributed by atoms with van der Waals surface area (Å²) < 4.78 is 6.05. The van der Waals surface area contributed by atoms with E-state index < -0.39 is 0 Å². The van der Waals surface area contributed by atoms with Gasteiger partial charge in [0.1, 0.15) is 0 Å². The Morgan fingerprint density at radius 3 is 2.66 bits per heavy atom. The first-order valence-corrected chi connectivity index (χ1v) is 11.0. The maximum Gasteiger partial charge on any atom is 0.321 e. The molecule has 0 bridgehead atoms. The van der Waals surface area contributed by atoms with Crippen LogP contribution < -0.4 is 5.32 Å². The Balaban J connectivity index is 1.55. The van der Waals surface area contributed by atoms with Gasteiger partial charge in [0.05, 0.1) is 6.10 Å². The first kappa shape index (κ1) is 23.4. The molecule has 5 nitrogen and oxygen atoms in total. The molecule has 0 spiro atoms. The molecule has 1 aromatic rings. The number of hydrogen-bond donors (Lipinski definition) is 1. The highest BCUT2D eigenvalue weighted by Crippen LogP contribution is 2.19. The molecule has 1 saturated heterocycles. The van der Waals surface area contributed by atoms with Crippen LogP contribution in [-0.4, -0.2) is 61.8 Å². The van der Waals surface area contributed by atoms with Gasteiger partial charge in [0.25, 0.3) is 0 Å². The molecule has 162 valence electrons. The number of hydrogen-bond acceptors (Lipinski definition) is 3. The molecular formula is C24H39N3O2. The number of likely N-dealkylation sites (tertiary alicyclic amines) is 1. The number of urea groups is 1. The number of piperidine rings is 1. The predicted molar refractivity (Wildman–Crippen MR) is 122 cm³/mol. The Labute approximate surface area is 177 Å². The van der Waals surface area contributed by atoms with Gasteiger partial charge in [0, 0.05) is 31.9 Å². The molecule has 5 heteroatoms. The van der Waals surface area contributed by atoms with Crippen molar-refractivity contribution >= 4 is 11.7 Å². The van der Waals surface area contributed by atoms with Crippen molar-refractivity contribution < 1.29 is 9.53 Å². The second-order valence-electron chi connectivity index (χ2n) is 8.27. The SMILES string of the molecule is C=CCN(C)CCCCCCOC1CCN(C(=O)Nc2ccc(C)cc2C)CC1. The summed E-state index contributed by atoms with van der Waals surface area (Å²) in [5, 5.41) is 3.05. The zero-order chi connectivity index (χ0) is 21.1. The van der Waals surface area contributed by atoms with Crippen molar-refractivity contribution in [3.8, 4) is 0 Å². The van der Waals surface area contributed by atoms with Crippen LogP contribution in [0.15, 0.2) is 30.9 Å². The number of carbonyl (C=O) groups excluding carboxylic acids is 1. The average molecular weight is 402 g/mol. The number of likely N-dealkylation sites (N-methyl/N-ethyl adjacent to an activating group) is 1. The number of unbranched alkanes of at least 4 members (excludes halogenated alkanes) is 3. The highest BCUT2D eigenvalue weighted by Gasteiger charge is 2.23. The van der Waals surface area contributed by atoms with E-state index in [4.69, 9.17) is 4.74 Å². The van der Waals surface area contributed by atoms with Gasteiger partial charge in [-0.15, -0.1) is 6.58 Å². The Bertz CT molecular complexity index is 639. The van der Waals surface area contributed by atoms with Gasteiger partial charge in [-0.25, -0.2) is 4.79 Å². The molecule has 29 heavy (non-hydrogen) atoms. The lowest BCUT2D eigenvalue weighted by molar-refractivity contribution is 0.0140. The molecule has 0 saturated carbocycles. The normalized spacial score (nSPS) is 15.0. The van der Waals surface area contributed by atoms with Gasteiger partial charge in [-0.2, -0.15) is 0 Å². The third kappa shape index (κ3) is 8.58. The highest BCUT2D eigenvalue weighted by molar-refractivity contribution is 5.90. The number of aryl methyl sites for hydroxylation is 2. The number of ether oxygens (including phenoxy) is 1. The van der Waals surface area contributed by atoms with Crippen molar-refractivity contribution in [3.05, 3.63) is 42.0 Å². The standard InChI is InChI=1S/C24H39N3O2/c1-5-14-26(4)15-8-6-7-9-18-29-22-12-16-27(17-13-22)24(28)25-23-11-10-20(2)19-21(23)3/h5,10-11,19,22H,1,6-9,12-18H2,2-4H3,(H,25,28). The highest BCUT2D eigenvalue weighted by atomic mass is 16.5. The summed E-state index contributed by atoms with van der Waals surface area (Å²) in [5.41, 5.74) is 3.21. The molecule has 2 amide bonds. The number of rotatable bonds is 11. The first-order valence-electron chi connectivity index (χ1n) is 11.0. The fourth-order valence-electron chi connectivity index (χ4n) is 3.77. The van der Waals surface area contributed by atoms with E-state index in [0.29, 0.717) is 6.10 Å². The lowest BCUT2D eigenvalue weighted by Crippen LogP contribution is -2.43. The molecule has 0 radical (unpaired) electrons. The summed E-state index contributed by atoms with van der Waals surface area (Å²) in [6, 6.07) is 6.10. The lowest BCUT2D eigenvalue weighted by Gasteiger charge is -2.32. The van der Waals surface area contributed by atoms with Crippen LogP contribution in [0.3, 0.4) is 0 Å². The minimum Gasteiger partial charge on any atom is -0.378 e. The summed E-state index contributed by atoms with van der Waals surface area (Å²) in [4.78, 5) is 16.7. The number of nitrogens with zero attached hydrogens (tertiary/aromatic N) is 2. The topological polar surface area (TPSA) is 44.8 Å². The van der Waals surface area contributed by atoms with Crippen molar-refractivity contribution in [2.45, 2.75) is 58.5 Å². The van der Waals surface area contributed by atoms with Gasteiger partial charge in [0.15, 0.2) is 0 Å². The Morgan fingerprint density at radius 2 is 1.97 bits per heavy atom. The van der Waals surface area contributed by atoms with Crippen molar-refractivity contribution in [1.29, 1.82) is 0 Å². The molecule has 1 aromatic carbocycles. The average Bonchev–Trinajstić information content (AvgIpc) is 2.70. The fourth-order valence-corrected chi connectivity index (χ4v) is 3.77. The Hall–Kier alpha value is -1.85. The minimum atomic E-state index is -0.00294. The number of benzene rings is 1. The Kier molecular flexibility index (Phi) is 10.2. The van der Waals surface area contributed by atoms with Crippen LogP contribution in [0.2, 0.25) is 0 Å². The third-order valence-corrected chi connectivity index (χ3v) is 5.58. The van der Waals surface area contributed by atoms with Crippen LogP contribution in [0.25, 0.3) is 0 Å². The van der Waals surface area contributed by atoms with Crippen LogP contribution in [0.5, 0.6) is 0 Å². The largest absolute Gasteiger partial charge is 0.378 e. The fraction of sp³-hybridized carbons (Fsp3) is 0.625. The van der Waals surface area contributed by atoms with E-state index in [-0.39, 0.29) is 6.03 Å². The molecule has 1 aliphatic rings. The smallest absolute Gasteiger partial charge is 0.321 e. The van der Waals surface area contributed by atoms with E-state index in [0.717, 1.165) is 63.3 Å².